The molecule has 0 radical (unpaired) electrons. The molecule has 1 fully saturated rings. The number of azide groups is 1. The van der Waals surface area contributed by atoms with Crippen LogP contribution in [0.4, 0.5) is 0 Å². The Morgan fingerprint density at radius 2 is 2.09 bits per heavy atom. The van der Waals surface area contributed by atoms with Crippen LogP contribution in [0, 0.1) is 0 Å². The maximum Gasteiger partial charge on any atom is 0.252 e. The third-order valence-corrected chi connectivity index (χ3v) is 6.04. The van der Waals surface area contributed by atoms with E-state index >= 15 is 0 Å². The Labute approximate surface area is 204 Å². The highest BCUT2D eigenvalue weighted by atomic mass is 16.5. The normalized spacial score (nSPS) is 20.8. The minimum atomic E-state index is -1.25. The number of ether oxygens (including phenoxy) is 2. The van der Waals surface area contributed by atoms with Crippen molar-refractivity contribution in [2.45, 2.75) is 49.9 Å². The van der Waals surface area contributed by atoms with Gasteiger partial charge in [0.1, 0.15) is 5.75 Å². The highest BCUT2D eigenvalue weighted by molar-refractivity contribution is 6.01. The van der Waals surface area contributed by atoms with Crippen molar-refractivity contribution in [1.29, 1.82) is 0 Å². The topological polar surface area (TPSA) is 129 Å². The summed E-state index contributed by atoms with van der Waals surface area (Å²) in [6.45, 7) is 4.51. The molecular weight excluding hydrogens is 446 g/mol. The van der Waals surface area contributed by atoms with Crippen LogP contribution in [0.1, 0.15) is 48.5 Å². The van der Waals surface area contributed by atoms with E-state index < -0.39 is 11.6 Å². The molecule has 1 saturated carbocycles. The first-order valence-corrected chi connectivity index (χ1v) is 11.7. The lowest BCUT2D eigenvalue weighted by Gasteiger charge is -2.30. The molecule has 1 heterocycles. The number of rotatable bonds is 12. The zero-order chi connectivity index (χ0) is 24.7. The highest BCUT2D eigenvalue weighted by Gasteiger charge is 2.53. The molecular formula is C26H29N5O4. The van der Waals surface area contributed by atoms with Gasteiger partial charge in [-0.25, -0.2) is 4.99 Å². The van der Waals surface area contributed by atoms with E-state index in [0.717, 1.165) is 24.0 Å². The lowest BCUT2D eigenvalue weighted by molar-refractivity contribution is -0.129. The summed E-state index contributed by atoms with van der Waals surface area (Å²) in [4.78, 5) is 21.4. The number of hydrogen-bond acceptors (Lipinski definition) is 6. The molecule has 2 aliphatic rings. The Kier molecular flexibility index (Phi) is 7.70. The van der Waals surface area contributed by atoms with Gasteiger partial charge in [-0.15, -0.1) is 6.58 Å². The van der Waals surface area contributed by atoms with E-state index in [1.807, 2.05) is 36.4 Å². The lowest BCUT2D eigenvalue weighted by atomic mass is 9.82. The number of amides is 1. The van der Waals surface area contributed by atoms with Gasteiger partial charge in [0.25, 0.3) is 5.91 Å². The van der Waals surface area contributed by atoms with Crippen molar-refractivity contribution in [3.8, 4) is 5.75 Å². The van der Waals surface area contributed by atoms with Crippen LogP contribution in [-0.2, 0) is 16.1 Å². The number of hydrogen-bond donors (Lipinski definition) is 2. The summed E-state index contributed by atoms with van der Waals surface area (Å²) in [7, 11) is 0. The second-order valence-corrected chi connectivity index (χ2v) is 8.62. The maximum absolute atomic E-state index is 13.6. The predicted octanol–water partition coefficient (Wildman–Crippen LogP) is 4.37. The molecule has 0 aromatic heterocycles. The minimum absolute atomic E-state index is 0.0690. The van der Waals surface area contributed by atoms with Gasteiger partial charge in [0.05, 0.1) is 13.2 Å². The van der Waals surface area contributed by atoms with Gasteiger partial charge in [0.15, 0.2) is 11.6 Å². The van der Waals surface area contributed by atoms with E-state index in [1.165, 1.54) is 0 Å². The van der Waals surface area contributed by atoms with Gasteiger partial charge in [-0.1, -0.05) is 35.5 Å². The smallest absolute Gasteiger partial charge is 0.252 e. The van der Waals surface area contributed by atoms with Crippen molar-refractivity contribution in [2.24, 2.45) is 10.1 Å². The molecule has 0 unspecified atom stereocenters. The molecule has 9 nitrogen and oxygen atoms in total. The Morgan fingerprint density at radius 1 is 1.31 bits per heavy atom. The van der Waals surface area contributed by atoms with Gasteiger partial charge in [-0.05, 0) is 53.8 Å². The first-order valence-electron chi connectivity index (χ1n) is 11.7. The molecule has 2 aromatic carbocycles. The molecule has 1 amide bonds. The van der Waals surface area contributed by atoms with Crippen molar-refractivity contribution in [3.05, 3.63) is 88.3 Å². The van der Waals surface area contributed by atoms with Gasteiger partial charge in [0.2, 0.25) is 5.90 Å². The van der Waals surface area contributed by atoms with Gasteiger partial charge in [0, 0.05) is 36.0 Å². The number of benzene rings is 2. The van der Waals surface area contributed by atoms with Crippen LogP contribution in [0.25, 0.3) is 10.4 Å². The van der Waals surface area contributed by atoms with Crippen molar-refractivity contribution < 1.29 is 19.4 Å². The van der Waals surface area contributed by atoms with Crippen molar-refractivity contribution in [1.82, 2.24) is 5.32 Å². The van der Waals surface area contributed by atoms with Crippen LogP contribution in [0.3, 0.4) is 0 Å². The zero-order valence-electron chi connectivity index (χ0n) is 19.5. The first kappa shape index (κ1) is 24.3. The summed E-state index contributed by atoms with van der Waals surface area (Å²) in [5, 5.41) is 15.8. The molecule has 0 bridgehead atoms. The number of aliphatic hydroxyl groups excluding tert-OH is 1. The van der Waals surface area contributed by atoms with E-state index in [4.69, 9.17) is 25.1 Å². The second-order valence-electron chi connectivity index (χ2n) is 8.62. The molecule has 2 N–H and O–H groups in total. The average molecular weight is 476 g/mol. The lowest BCUT2D eigenvalue weighted by Crippen LogP contribution is -2.48. The van der Waals surface area contributed by atoms with E-state index in [2.05, 4.69) is 21.9 Å². The van der Waals surface area contributed by atoms with Gasteiger partial charge < -0.3 is 19.9 Å². The third kappa shape index (κ3) is 5.48. The van der Waals surface area contributed by atoms with Crippen LogP contribution in [0.5, 0.6) is 5.75 Å². The number of nitrogens with zero attached hydrogens (tertiary/aromatic N) is 4. The molecule has 182 valence electrons. The van der Waals surface area contributed by atoms with Crippen LogP contribution in [0.15, 0.2) is 71.3 Å². The highest BCUT2D eigenvalue weighted by Crippen LogP contribution is 2.44. The quantitative estimate of drug-likeness (QED) is 0.155. The van der Waals surface area contributed by atoms with E-state index in [0.29, 0.717) is 30.2 Å². The number of carbonyl (C=O) groups excluding carboxylic acids is 1. The largest absolute Gasteiger partial charge is 0.494 e. The summed E-state index contributed by atoms with van der Waals surface area (Å²) >= 11 is 0. The molecule has 2 atom stereocenters. The Morgan fingerprint density at radius 3 is 2.77 bits per heavy atom. The fourth-order valence-electron chi connectivity index (χ4n) is 4.09. The number of carbonyl (C=O) groups is 1. The minimum Gasteiger partial charge on any atom is -0.494 e. The maximum atomic E-state index is 13.6. The summed E-state index contributed by atoms with van der Waals surface area (Å²) in [6, 6.07) is 14.9. The molecule has 9 heteroatoms. The fourth-order valence-corrected chi connectivity index (χ4v) is 4.09. The van der Waals surface area contributed by atoms with Crippen molar-refractivity contribution in [3.63, 3.8) is 0 Å². The summed E-state index contributed by atoms with van der Waals surface area (Å²) in [6.07, 6.45) is 3.68. The van der Waals surface area contributed by atoms with E-state index in [-0.39, 0.29) is 31.5 Å². The van der Waals surface area contributed by atoms with E-state index in [1.54, 1.807) is 18.2 Å². The van der Waals surface area contributed by atoms with E-state index in [9.17, 15) is 4.79 Å². The van der Waals surface area contributed by atoms with Crippen LogP contribution in [-0.4, -0.2) is 41.7 Å². The molecule has 1 aliphatic heterocycles. The summed E-state index contributed by atoms with van der Waals surface area (Å²) in [5.74, 6) is 0.812. The predicted molar refractivity (Wildman–Crippen MR) is 132 cm³/mol. The van der Waals surface area contributed by atoms with Crippen molar-refractivity contribution in [2.75, 3.05) is 13.2 Å². The molecule has 1 aliphatic carbocycles. The van der Waals surface area contributed by atoms with Crippen molar-refractivity contribution >= 4 is 11.8 Å². The average Bonchev–Trinajstić information content (AvgIpc) is 3.61. The molecule has 35 heavy (non-hydrogen) atoms. The number of aliphatic hydroxyl groups is 1. The van der Waals surface area contributed by atoms with Gasteiger partial charge >= 0.3 is 0 Å². The van der Waals surface area contributed by atoms with Crippen LogP contribution < -0.4 is 10.1 Å². The molecule has 0 saturated heterocycles. The second kappa shape index (κ2) is 11.1. The SMILES string of the molecule is C=CC[C@@]1(C(=O)NC2CC2)N=C(c2ccc(OCCCO)cc2)O[C@@H]1c1ccccc1CN=[N+]=[N-]. The monoisotopic (exact) mass is 475 g/mol. The Hall–Kier alpha value is -3.81. The first-order chi connectivity index (χ1) is 17.1. The zero-order valence-corrected chi connectivity index (χ0v) is 19.5. The Bertz CT molecular complexity index is 1140. The van der Waals surface area contributed by atoms with Crippen LogP contribution in [0.2, 0.25) is 0 Å². The molecule has 0 spiro atoms. The molecule has 2 aromatic rings. The van der Waals surface area contributed by atoms with Crippen LogP contribution >= 0.6 is 0 Å². The third-order valence-electron chi connectivity index (χ3n) is 6.04. The number of nitrogens with one attached hydrogen (secondary N) is 1. The number of aliphatic imine (C=N–C) groups is 1. The fraction of sp³-hybridized carbons (Fsp3) is 0.385. The standard InChI is InChI=1S/C26H29N5O4/c1-2-14-26(25(33)29-20-10-11-20)23(22-7-4-3-6-19(22)17-28-31-27)35-24(30-26)18-8-12-21(13-9-18)34-16-5-15-32/h2-4,6-9,12-13,20,23,32H,1,5,10-11,14-17H2,(H,29,33)/t23-,26-/m1/s1. The summed E-state index contributed by atoms with van der Waals surface area (Å²) < 4.78 is 12.0. The Balaban J connectivity index is 1.72. The van der Waals surface area contributed by atoms with Gasteiger partial charge in [-0.2, -0.15) is 0 Å². The van der Waals surface area contributed by atoms with Gasteiger partial charge in [-0.3, -0.25) is 4.79 Å². The summed E-state index contributed by atoms with van der Waals surface area (Å²) in [5.41, 5.74) is 9.83. The molecule has 4 rings (SSSR count).